The van der Waals surface area contributed by atoms with Crippen molar-refractivity contribution in [3.63, 3.8) is 0 Å². The number of carbonyl (C=O) groups excluding carboxylic acids is 2. The smallest absolute Gasteiger partial charge is 0.325 e. The number of rotatable bonds is 4. The van der Waals surface area contributed by atoms with Crippen LogP contribution in [0, 0.1) is 5.82 Å². The zero-order chi connectivity index (χ0) is 14.0. The van der Waals surface area contributed by atoms with Gasteiger partial charge >= 0.3 is 6.03 Å². The number of halogens is 1. The summed E-state index contributed by atoms with van der Waals surface area (Å²) >= 11 is 0. The first-order valence-corrected chi connectivity index (χ1v) is 5.92. The van der Waals surface area contributed by atoms with Crippen molar-refractivity contribution in [3.8, 4) is 5.75 Å². The van der Waals surface area contributed by atoms with Crippen LogP contribution in [0.25, 0.3) is 0 Å². The maximum atomic E-state index is 12.9. The Morgan fingerprint density at radius 3 is 2.68 bits per heavy atom. The fraction of sp³-hybridized carbons (Fsp3) is 0.385. The van der Waals surface area contributed by atoms with Crippen LogP contribution in [-0.4, -0.2) is 35.5 Å². The number of ether oxygens (including phenoxy) is 1. The number of carbonyl (C=O) groups is 2. The van der Waals surface area contributed by atoms with Crippen LogP contribution in [0.3, 0.4) is 0 Å². The molecule has 0 radical (unpaired) electrons. The molecule has 1 saturated heterocycles. The van der Waals surface area contributed by atoms with Crippen molar-refractivity contribution in [2.75, 3.05) is 13.2 Å². The van der Waals surface area contributed by atoms with Gasteiger partial charge in [0.25, 0.3) is 5.91 Å². The second kappa shape index (κ2) is 4.87. The van der Waals surface area contributed by atoms with Gasteiger partial charge in [-0.25, -0.2) is 9.18 Å². The number of amides is 3. The maximum absolute atomic E-state index is 12.9. The van der Waals surface area contributed by atoms with E-state index in [4.69, 9.17) is 4.74 Å². The number of nitrogens with one attached hydrogen (secondary N) is 1. The largest absolute Gasteiger partial charge is 0.492 e. The standard InChI is InChI=1S/C13H15FN2O3/c1-13(2)11(17)16(12(18)15-13)6-7-19-10-5-3-4-9(14)8-10/h3-5,8H,6-7H2,1-2H3,(H,15,18). The van der Waals surface area contributed by atoms with E-state index in [1.165, 1.54) is 18.2 Å². The summed E-state index contributed by atoms with van der Waals surface area (Å²) in [5.41, 5.74) is -0.879. The Bertz CT molecular complexity index is 516. The Morgan fingerprint density at radius 2 is 2.11 bits per heavy atom. The van der Waals surface area contributed by atoms with Gasteiger partial charge in [0.05, 0.1) is 6.54 Å². The Hall–Kier alpha value is -2.11. The lowest BCUT2D eigenvalue weighted by Gasteiger charge is -2.16. The molecule has 1 N–H and O–H groups in total. The molecule has 102 valence electrons. The van der Waals surface area contributed by atoms with Gasteiger partial charge in [-0.2, -0.15) is 0 Å². The number of hydrogen-bond donors (Lipinski definition) is 1. The number of benzene rings is 1. The van der Waals surface area contributed by atoms with E-state index in [-0.39, 0.29) is 19.1 Å². The summed E-state index contributed by atoms with van der Waals surface area (Å²) in [6, 6.07) is 5.26. The van der Waals surface area contributed by atoms with E-state index >= 15 is 0 Å². The number of urea groups is 1. The minimum Gasteiger partial charge on any atom is -0.492 e. The molecule has 0 saturated carbocycles. The van der Waals surface area contributed by atoms with Crippen molar-refractivity contribution in [1.82, 2.24) is 10.2 Å². The number of hydrogen-bond acceptors (Lipinski definition) is 3. The molecule has 5 nitrogen and oxygen atoms in total. The van der Waals surface area contributed by atoms with Gasteiger partial charge in [0.15, 0.2) is 0 Å². The van der Waals surface area contributed by atoms with Crippen molar-refractivity contribution < 1.29 is 18.7 Å². The van der Waals surface area contributed by atoms with Crippen LogP contribution >= 0.6 is 0 Å². The molecular weight excluding hydrogens is 251 g/mol. The van der Waals surface area contributed by atoms with Crippen molar-refractivity contribution in [3.05, 3.63) is 30.1 Å². The van der Waals surface area contributed by atoms with E-state index in [0.29, 0.717) is 5.75 Å². The molecule has 1 aromatic rings. The van der Waals surface area contributed by atoms with E-state index in [0.717, 1.165) is 4.90 Å². The molecule has 1 fully saturated rings. The SMILES string of the molecule is CC1(C)NC(=O)N(CCOc2cccc(F)c2)C1=O. The molecule has 2 rings (SSSR count). The topological polar surface area (TPSA) is 58.6 Å². The van der Waals surface area contributed by atoms with Crippen molar-refractivity contribution in [1.29, 1.82) is 0 Å². The average molecular weight is 266 g/mol. The molecule has 6 heteroatoms. The van der Waals surface area contributed by atoms with E-state index in [2.05, 4.69) is 5.32 Å². The van der Waals surface area contributed by atoms with Crippen molar-refractivity contribution in [2.45, 2.75) is 19.4 Å². The third-order valence-electron chi connectivity index (χ3n) is 2.82. The summed E-state index contributed by atoms with van der Waals surface area (Å²) < 4.78 is 18.2. The molecule has 0 bridgehead atoms. The first kappa shape index (κ1) is 13.3. The molecule has 1 heterocycles. The fourth-order valence-corrected chi connectivity index (χ4v) is 1.83. The van der Waals surface area contributed by atoms with Gasteiger partial charge < -0.3 is 10.1 Å². The molecule has 1 aromatic carbocycles. The van der Waals surface area contributed by atoms with Gasteiger partial charge in [-0.1, -0.05) is 6.07 Å². The van der Waals surface area contributed by atoms with Crippen LogP contribution in [-0.2, 0) is 4.79 Å². The average Bonchev–Trinajstić information content (AvgIpc) is 2.51. The molecule has 3 amide bonds. The first-order chi connectivity index (χ1) is 8.90. The van der Waals surface area contributed by atoms with Crippen molar-refractivity contribution in [2.24, 2.45) is 0 Å². The predicted molar refractivity (Wildman–Crippen MR) is 66.2 cm³/mol. The molecule has 19 heavy (non-hydrogen) atoms. The zero-order valence-electron chi connectivity index (χ0n) is 10.8. The minimum absolute atomic E-state index is 0.124. The van der Waals surface area contributed by atoms with Crippen LogP contribution in [0.2, 0.25) is 0 Å². The number of imide groups is 1. The first-order valence-electron chi connectivity index (χ1n) is 5.92. The molecule has 1 aliphatic rings. The maximum Gasteiger partial charge on any atom is 0.325 e. The Labute approximate surface area is 110 Å². The van der Waals surface area contributed by atoms with E-state index in [9.17, 15) is 14.0 Å². The lowest BCUT2D eigenvalue weighted by molar-refractivity contribution is -0.130. The third-order valence-corrected chi connectivity index (χ3v) is 2.82. The lowest BCUT2D eigenvalue weighted by atomic mass is 10.1. The molecule has 0 unspecified atom stereocenters. The summed E-state index contributed by atoms with van der Waals surface area (Å²) in [5.74, 6) is -0.319. The van der Waals surface area contributed by atoms with E-state index in [1.807, 2.05) is 0 Å². The molecule has 1 aliphatic heterocycles. The third kappa shape index (κ3) is 2.83. The summed E-state index contributed by atoms with van der Waals surface area (Å²) in [6.07, 6.45) is 0. The van der Waals surface area contributed by atoms with Gasteiger partial charge in [-0.15, -0.1) is 0 Å². The predicted octanol–water partition coefficient (Wildman–Crippen LogP) is 1.53. The number of nitrogens with zero attached hydrogens (tertiary/aromatic N) is 1. The van der Waals surface area contributed by atoms with Gasteiger partial charge in [0.1, 0.15) is 23.7 Å². The van der Waals surface area contributed by atoms with Crippen LogP contribution in [0.5, 0.6) is 5.75 Å². The molecular formula is C13H15FN2O3. The quantitative estimate of drug-likeness (QED) is 0.841. The Kier molecular flexibility index (Phi) is 3.42. The zero-order valence-corrected chi connectivity index (χ0v) is 10.8. The van der Waals surface area contributed by atoms with Crippen LogP contribution in [0.4, 0.5) is 9.18 Å². The summed E-state index contributed by atoms with van der Waals surface area (Å²) in [5, 5.41) is 2.57. The van der Waals surface area contributed by atoms with Gasteiger partial charge in [0.2, 0.25) is 0 Å². The van der Waals surface area contributed by atoms with Crippen LogP contribution in [0.15, 0.2) is 24.3 Å². The molecule has 0 atom stereocenters. The normalized spacial score (nSPS) is 17.5. The van der Waals surface area contributed by atoms with E-state index < -0.39 is 17.4 Å². The van der Waals surface area contributed by atoms with Gasteiger partial charge in [-0.3, -0.25) is 9.69 Å². The summed E-state index contributed by atoms with van der Waals surface area (Å²) in [7, 11) is 0. The fourth-order valence-electron chi connectivity index (χ4n) is 1.83. The highest BCUT2D eigenvalue weighted by Crippen LogP contribution is 2.17. The Morgan fingerprint density at radius 1 is 1.37 bits per heavy atom. The lowest BCUT2D eigenvalue weighted by Crippen LogP contribution is -2.40. The Balaban J connectivity index is 1.90. The molecule has 0 aliphatic carbocycles. The highest BCUT2D eigenvalue weighted by Gasteiger charge is 2.43. The van der Waals surface area contributed by atoms with Crippen molar-refractivity contribution >= 4 is 11.9 Å². The molecule has 0 aromatic heterocycles. The van der Waals surface area contributed by atoms with E-state index in [1.54, 1.807) is 19.9 Å². The summed E-state index contributed by atoms with van der Waals surface area (Å²) in [4.78, 5) is 24.5. The highest BCUT2D eigenvalue weighted by atomic mass is 19.1. The second-order valence-corrected chi connectivity index (χ2v) is 4.82. The second-order valence-electron chi connectivity index (χ2n) is 4.82. The highest BCUT2D eigenvalue weighted by molar-refractivity contribution is 6.06. The summed E-state index contributed by atoms with van der Waals surface area (Å²) in [6.45, 7) is 3.53. The minimum atomic E-state index is -0.879. The van der Waals surface area contributed by atoms with Crippen LogP contribution < -0.4 is 10.1 Å². The monoisotopic (exact) mass is 266 g/mol. The van der Waals surface area contributed by atoms with Crippen LogP contribution in [0.1, 0.15) is 13.8 Å². The molecule has 0 spiro atoms. The van der Waals surface area contributed by atoms with Gasteiger partial charge in [0, 0.05) is 6.07 Å². The van der Waals surface area contributed by atoms with Gasteiger partial charge in [-0.05, 0) is 26.0 Å².